The first kappa shape index (κ1) is 15.7. The number of amides is 2. The van der Waals surface area contributed by atoms with Gasteiger partial charge in [0.15, 0.2) is 0 Å². The van der Waals surface area contributed by atoms with Crippen molar-refractivity contribution in [1.82, 2.24) is 5.32 Å². The Morgan fingerprint density at radius 2 is 1.95 bits per heavy atom. The second kappa shape index (κ2) is 6.68. The van der Waals surface area contributed by atoms with Crippen LogP contribution in [0, 0.1) is 0 Å². The highest BCUT2D eigenvalue weighted by Crippen LogP contribution is 2.22. The van der Waals surface area contributed by atoms with Crippen LogP contribution in [0.1, 0.15) is 43.3 Å². The molecule has 0 saturated carbocycles. The van der Waals surface area contributed by atoms with Crippen LogP contribution in [-0.4, -0.2) is 29.1 Å². The lowest BCUT2D eigenvalue weighted by atomic mass is 9.98. The molecular weight excluding hydrogens is 264 g/mol. The van der Waals surface area contributed by atoms with Crippen molar-refractivity contribution in [2.75, 3.05) is 11.9 Å². The first-order valence-corrected chi connectivity index (χ1v) is 7.10. The minimum Gasteiger partial charge on any atom is -0.388 e. The lowest BCUT2D eigenvalue weighted by molar-refractivity contribution is -0.114. The Kier molecular flexibility index (Phi) is 5.50. The van der Waals surface area contributed by atoms with E-state index in [-0.39, 0.29) is 18.4 Å². The third-order valence-electron chi connectivity index (χ3n) is 3.02. The Hall–Kier alpha value is -1.40. The number of anilines is 1. The van der Waals surface area contributed by atoms with Gasteiger partial charge in [-0.2, -0.15) is 0 Å². The number of carbonyl (C=O) groups is 2. The van der Waals surface area contributed by atoms with Crippen LogP contribution >= 0.6 is 11.3 Å². The molecule has 0 spiro atoms. The molecule has 1 rings (SSSR count). The second-order valence-corrected chi connectivity index (χ2v) is 5.54. The Labute approximate surface area is 117 Å². The number of hydrogen-bond donors (Lipinski definition) is 3. The van der Waals surface area contributed by atoms with Crippen LogP contribution in [0.2, 0.25) is 0 Å². The molecule has 1 aromatic heterocycles. The average molecular weight is 284 g/mol. The number of carbonyl (C=O) groups excluding carboxylic acids is 2. The minimum absolute atomic E-state index is 0.167. The zero-order chi connectivity index (χ0) is 14.5. The molecule has 2 amide bonds. The third kappa shape index (κ3) is 4.65. The van der Waals surface area contributed by atoms with Gasteiger partial charge in [0, 0.05) is 13.5 Å². The monoisotopic (exact) mass is 284 g/mol. The lowest BCUT2D eigenvalue weighted by Gasteiger charge is -2.25. The Bertz CT molecular complexity index is 452. The summed E-state index contributed by atoms with van der Waals surface area (Å²) in [6.45, 7) is 5.42. The summed E-state index contributed by atoms with van der Waals surface area (Å²) in [5.74, 6) is -0.401. The summed E-state index contributed by atoms with van der Waals surface area (Å²) >= 11 is 1.21. The van der Waals surface area contributed by atoms with Crippen molar-refractivity contribution in [2.24, 2.45) is 0 Å². The highest BCUT2D eigenvalue weighted by molar-refractivity contribution is 7.18. The largest absolute Gasteiger partial charge is 0.388 e. The van der Waals surface area contributed by atoms with Gasteiger partial charge in [-0.25, -0.2) is 0 Å². The van der Waals surface area contributed by atoms with Gasteiger partial charge in [0.2, 0.25) is 5.91 Å². The molecule has 5 nitrogen and oxygen atoms in total. The third-order valence-corrected chi connectivity index (χ3v) is 4.02. The molecule has 0 unspecified atom stereocenters. The Morgan fingerprint density at radius 3 is 2.47 bits per heavy atom. The van der Waals surface area contributed by atoms with E-state index in [2.05, 4.69) is 10.6 Å². The van der Waals surface area contributed by atoms with Crippen molar-refractivity contribution in [3.05, 3.63) is 17.0 Å². The first-order valence-electron chi connectivity index (χ1n) is 6.28. The molecule has 0 aliphatic rings. The maximum atomic E-state index is 11.9. The van der Waals surface area contributed by atoms with E-state index >= 15 is 0 Å². The normalized spacial score (nSPS) is 11.2. The van der Waals surface area contributed by atoms with Crippen LogP contribution in [0.3, 0.4) is 0 Å². The van der Waals surface area contributed by atoms with Gasteiger partial charge < -0.3 is 15.7 Å². The molecule has 0 radical (unpaired) electrons. The van der Waals surface area contributed by atoms with E-state index in [1.165, 1.54) is 18.3 Å². The molecule has 0 bridgehead atoms. The number of nitrogens with one attached hydrogen (secondary N) is 2. The van der Waals surface area contributed by atoms with Gasteiger partial charge in [0.1, 0.15) is 0 Å². The van der Waals surface area contributed by atoms with Gasteiger partial charge in [-0.15, -0.1) is 11.3 Å². The molecular formula is C13H20N2O3S. The Morgan fingerprint density at radius 1 is 1.32 bits per heavy atom. The fourth-order valence-corrected chi connectivity index (χ4v) is 2.40. The summed E-state index contributed by atoms with van der Waals surface area (Å²) in [6, 6.07) is 3.34. The topological polar surface area (TPSA) is 78.4 Å². The van der Waals surface area contributed by atoms with Crippen LogP contribution in [0.4, 0.5) is 5.00 Å². The van der Waals surface area contributed by atoms with E-state index in [9.17, 15) is 14.7 Å². The predicted molar refractivity (Wildman–Crippen MR) is 76.5 cm³/mol. The van der Waals surface area contributed by atoms with Crippen molar-refractivity contribution >= 4 is 28.2 Å². The lowest BCUT2D eigenvalue weighted by Crippen LogP contribution is -2.41. The summed E-state index contributed by atoms with van der Waals surface area (Å²) in [4.78, 5) is 23.3. The number of rotatable bonds is 6. The van der Waals surface area contributed by atoms with Crippen LogP contribution in [0.15, 0.2) is 12.1 Å². The van der Waals surface area contributed by atoms with E-state index in [0.29, 0.717) is 22.7 Å². The van der Waals surface area contributed by atoms with Crippen LogP contribution in [0.25, 0.3) is 0 Å². The van der Waals surface area contributed by atoms with Crippen molar-refractivity contribution < 1.29 is 14.7 Å². The van der Waals surface area contributed by atoms with Crippen LogP contribution < -0.4 is 10.6 Å². The van der Waals surface area contributed by atoms with Gasteiger partial charge >= 0.3 is 0 Å². The van der Waals surface area contributed by atoms with Crippen LogP contribution in [-0.2, 0) is 4.79 Å². The molecule has 0 atom stereocenters. The highest BCUT2D eigenvalue weighted by Gasteiger charge is 2.23. The molecule has 0 aromatic carbocycles. The summed E-state index contributed by atoms with van der Waals surface area (Å²) in [6.07, 6.45) is 1.18. The van der Waals surface area contributed by atoms with E-state index in [1.807, 2.05) is 13.8 Å². The summed E-state index contributed by atoms with van der Waals surface area (Å²) in [5.41, 5.74) is -0.854. The quantitative estimate of drug-likeness (QED) is 0.747. The predicted octanol–water partition coefficient (Wildman–Crippen LogP) is 1.99. The zero-order valence-electron chi connectivity index (χ0n) is 11.4. The summed E-state index contributed by atoms with van der Waals surface area (Å²) < 4.78 is 0. The maximum Gasteiger partial charge on any atom is 0.261 e. The second-order valence-electron chi connectivity index (χ2n) is 4.46. The van der Waals surface area contributed by atoms with E-state index in [4.69, 9.17) is 0 Å². The van der Waals surface area contributed by atoms with Gasteiger partial charge in [0.05, 0.1) is 15.5 Å². The molecule has 0 aliphatic heterocycles. The van der Waals surface area contributed by atoms with Crippen molar-refractivity contribution in [3.63, 3.8) is 0 Å². The fraction of sp³-hybridized carbons (Fsp3) is 0.538. The van der Waals surface area contributed by atoms with Crippen molar-refractivity contribution in [1.29, 1.82) is 0 Å². The molecule has 6 heteroatoms. The maximum absolute atomic E-state index is 11.9. The van der Waals surface area contributed by atoms with E-state index in [0.717, 1.165) is 0 Å². The molecule has 0 fully saturated rings. The fourth-order valence-electron chi connectivity index (χ4n) is 1.53. The Balaban J connectivity index is 2.59. The molecule has 0 aliphatic carbocycles. The molecule has 0 saturated heterocycles. The molecule has 1 aromatic rings. The van der Waals surface area contributed by atoms with E-state index in [1.54, 1.807) is 12.1 Å². The smallest absolute Gasteiger partial charge is 0.261 e. The first-order chi connectivity index (χ1) is 8.90. The van der Waals surface area contributed by atoms with Gasteiger partial charge in [0.25, 0.3) is 5.91 Å². The summed E-state index contributed by atoms with van der Waals surface area (Å²) in [5, 5.41) is 16.1. The SMILES string of the molecule is CCC(O)(CC)CNC(=O)c1ccc(NC(C)=O)s1. The molecule has 106 valence electrons. The molecule has 1 heterocycles. The summed E-state index contributed by atoms with van der Waals surface area (Å²) in [7, 11) is 0. The number of hydrogen-bond acceptors (Lipinski definition) is 4. The van der Waals surface area contributed by atoms with E-state index < -0.39 is 5.60 Å². The standard InChI is InChI=1S/C13H20N2O3S/c1-4-13(18,5-2)8-14-12(17)10-6-7-11(19-10)15-9(3)16/h6-7,18H,4-5,8H2,1-3H3,(H,14,17)(H,15,16). The molecule has 3 N–H and O–H groups in total. The average Bonchev–Trinajstić information content (AvgIpc) is 2.83. The van der Waals surface area contributed by atoms with Gasteiger partial charge in [-0.3, -0.25) is 9.59 Å². The van der Waals surface area contributed by atoms with Crippen molar-refractivity contribution in [2.45, 2.75) is 39.2 Å². The van der Waals surface area contributed by atoms with Gasteiger partial charge in [-0.05, 0) is 25.0 Å². The minimum atomic E-state index is -0.854. The van der Waals surface area contributed by atoms with Gasteiger partial charge in [-0.1, -0.05) is 13.8 Å². The van der Waals surface area contributed by atoms with Crippen LogP contribution in [0.5, 0.6) is 0 Å². The zero-order valence-corrected chi connectivity index (χ0v) is 12.3. The number of thiophene rings is 1. The highest BCUT2D eigenvalue weighted by atomic mass is 32.1. The molecule has 19 heavy (non-hydrogen) atoms. The van der Waals surface area contributed by atoms with Crippen molar-refractivity contribution in [3.8, 4) is 0 Å². The number of aliphatic hydroxyl groups is 1.